The second-order valence-electron chi connectivity index (χ2n) is 6.79. The number of unbranched alkanes of at least 4 members (excludes halogenated alkanes) is 1. The maximum Gasteiger partial charge on any atom is 0.201 e. The molecular formula is C19H21ClN10. The summed E-state index contributed by atoms with van der Waals surface area (Å²) in [4.78, 5) is 4.67. The van der Waals surface area contributed by atoms with E-state index in [0.29, 0.717) is 24.6 Å². The summed E-state index contributed by atoms with van der Waals surface area (Å²) in [6.45, 7) is 2.79. The molecule has 0 aliphatic rings. The number of benzene rings is 1. The van der Waals surface area contributed by atoms with Gasteiger partial charge in [-0.25, -0.2) is 4.98 Å². The predicted octanol–water partition coefficient (Wildman–Crippen LogP) is 2.74. The zero-order valence-corrected chi connectivity index (χ0v) is 17.2. The second-order valence-corrected chi connectivity index (χ2v) is 7.20. The molecule has 0 spiro atoms. The van der Waals surface area contributed by atoms with E-state index in [4.69, 9.17) is 11.6 Å². The number of nitrogens with zero attached hydrogens (tertiary/aromatic N) is 8. The fourth-order valence-corrected chi connectivity index (χ4v) is 3.35. The van der Waals surface area contributed by atoms with Gasteiger partial charge in [0.25, 0.3) is 0 Å². The van der Waals surface area contributed by atoms with Crippen LogP contribution in [-0.2, 0) is 19.4 Å². The van der Waals surface area contributed by atoms with Crippen molar-refractivity contribution in [3.8, 4) is 0 Å². The summed E-state index contributed by atoms with van der Waals surface area (Å²) in [5.74, 6) is 2.02. The van der Waals surface area contributed by atoms with Gasteiger partial charge in [0.15, 0.2) is 5.82 Å². The molecule has 154 valence electrons. The second kappa shape index (κ2) is 9.40. The summed E-state index contributed by atoms with van der Waals surface area (Å²) in [7, 11) is 0. The third kappa shape index (κ3) is 4.60. The van der Waals surface area contributed by atoms with Gasteiger partial charge in [0.1, 0.15) is 5.82 Å². The van der Waals surface area contributed by atoms with Crippen molar-refractivity contribution in [3.05, 3.63) is 64.2 Å². The van der Waals surface area contributed by atoms with E-state index in [0.717, 1.165) is 46.9 Å². The molecule has 1 aromatic carbocycles. The molecular weight excluding hydrogens is 404 g/mol. The molecule has 0 saturated carbocycles. The lowest BCUT2D eigenvalue weighted by Gasteiger charge is -2.12. The number of nitrogens with one attached hydrogen (secondary N) is 2. The Morgan fingerprint density at radius 1 is 1.13 bits per heavy atom. The lowest BCUT2D eigenvalue weighted by Crippen LogP contribution is -2.08. The number of rotatable bonds is 9. The summed E-state index contributed by atoms with van der Waals surface area (Å²) in [5.41, 5.74) is 2.75. The summed E-state index contributed by atoms with van der Waals surface area (Å²) in [6, 6.07) is 7.84. The molecule has 4 aromatic rings. The van der Waals surface area contributed by atoms with Crippen LogP contribution in [0.2, 0.25) is 5.02 Å². The molecule has 0 atom stereocenters. The molecule has 10 nitrogen and oxygen atoms in total. The van der Waals surface area contributed by atoms with Crippen molar-refractivity contribution in [2.75, 3.05) is 0 Å². The van der Waals surface area contributed by atoms with Crippen LogP contribution < -0.4 is 0 Å². The van der Waals surface area contributed by atoms with Crippen molar-refractivity contribution in [3.63, 3.8) is 0 Å². The Hall–Kier alpha value is -3.40. The van der Waals surface area contributed by atoms with Gasteiger partial charge < -0.3 is 4.57 Å². The van der Waals surface area contributed by atoms with Gasteiger partial charge in [-0.3, -0.25) is 0 Å². The highest BCUT2D eigenvalue weighted by Gasteiger charge is 2.15. The molecule has 11 heteroatoms. The van der Waals surface area contributed by atoms with E-state index in [9.17, 15) is 0 Å². The van der Waals surface area contributed by atoms with Crippen molar-refractivity contribution in [2.24, 2.45) is 0 Å². The fraction of sp³-hybridized carbons (Fsp3) is 0.316. The van der Waals surface area contributed by atoms with Crippen LogP contribution in [-0.4, -0.2) is 50.8 Å². The third-order valence-electron chi connectivity index (χ3n) is 4.70. The number of tetrazole rings is 2. The van der Waals surface area contributed by atoms with Crippen LogP contribution in [0.25, 0.3) is 11.6 Å². The topological polar surface area (TPSA) is 127 Å². The average Bonchev–Trinajstić information content (AvgIpc) is 3.51. The van der Waals surface area contributed by atoms with Crippen LogP contribution in [0, 0.1) is 0 Å². The minimum Gasteiger partial charge on any atom is -0.324 e. The lowest BCUT2D eigenvalue weighted by atomic mass is 10.1. The maximum atomic E-state index is 6.42. The SMILES string of the molecule is CCCCc1ncc(/C=C(\Cc2nn[nH]n2)c2nn[nH]n2)n1Cc1ccccc1Cl. The highest BCUT2D eigenvalue weighted by Crippen LogP contribution is 2.23. The molecule has 0 aliphatic carbocycles. The number of aryl methyl sites for hydroxylation is 1. The first-order valence-corrected chi connectivity index (χ1v) is 10.1. The van der Waals surface area contributed by atoms with Gasteiger partial charge in [-0.15, -0.1) is 20.4 Å². The molecule has 4 rings (SSSR count). The number of aromatic amines is 2. The molecule has 3 aromatic heterocycles. The minimum absolute atomic E-state index is 0.400. The average molecular weight is 425 g/mol. The van der Waals surface area contributed by atoms with Crippen molar-refractivity contribution >= 4 is 23.3 Å². The quantitative estimate of drug-likeness (QED) is 0.422. The van der Waals surface area contributed by atoms with Gasteiger partial charge in [-0.1, -0.05) is 48.4 Å². The molecule has 0 saturated heterocycles. The monoisotopic (exact) mass is 424 g/mol. The van der Waals surface area contributed by atoms with Gasteiger partial charge in [0.05, 0.1) is 18.4 Å². The van der Waals surface area contributed by atoms with Crippen LogP contribution in [0.3, 0.4) is 0 Å². The molecule has 0 radical (unpaired) electrons. The first-order valence-electron chi connectivity index (χ1n) is 9.69. The van der Waals surface area contributed by atoms with E-state index < -0.39 is 0 Å². The van der Waals surface area contributed by atoms with Crippen LogP contribution in [0.1, 0.15) is 48.5 Å². The molecule has 0 fully saturated rings. The molecule has 0 bridgehead atoms. The predicted molar refractivity (Wildman–Crippen MR) is 111 cm³/mol. The Labute approximate surface area is 177 Å². The first kappa shape index (κ1) is 19.9. The van der Waals surface area contributed by atoms with Crippen LogP contribution in [0.15, 0.2) is 30.5 Å². The van der Waals surface area contributed by atoms with Crippen LogP contribution >= 0.6 is 11.6 Å². The lowest BCUT2D eigenvalue weighted by molar-refractivity contribution is 0.675. The zero-order valence-electron chi connectivity index (χ0n) is 16.5. The smallest absolute Gasteiger partial charge is 0.201 e. The van der Waals surface area contributed by atoms with Gasteiger partial charge in [-0.05, 0) is 29.3 Å². The molecule has 2 N–H and O–H groups in total. The summed E-state index contributed by atoms with van der Waals surface area (Å²) < 4.78 is 2.17. The van der Waals surface area contributed by atoms with E-state index in [-0.39, 0.29) is 0 Å². The van der Waals surface area contributed by atoms with E-state index in [2.05, 4.69) is 57.7 Å². The molecule has 30 heavy (non-hydrogen) atoms. The summed E-state index contributed by atoms with van der Waals surface area (Å²) in [5, 5.41) is 29.3. The number of halogens is 1. The third-order valence-corrected chi connectivity index (χ3v) is 5.07. The van der Waals surface area contributed by atoms with Crippen molar-refractivity contribution in [1.82, 2.24) is 50.8 Å². The number of hydrogen-bond donors (Lipinski definition) is 2. The van der Waals surface area contributed by atoms with Crippen LogP contribution in [0.5, 0.6) is 0 Å². The molecule has 3 heterocycles. The molecule has 0 unspecified atom stereocenters. The largest absolute Gasteiger partial charge is 0.324 e. The van der Waals surface area contributed by atoms with E-state index in [1.807, 2.05) is 36.5 Å². The Morgan fingerprint density at radius 3 is 2.70 bits per heavy atom. The Kier molecular flexibility index (Phi) is 6.23. The highest BCUT2D eigenvalue weighted by atomic mass is 35.5. The number of hydrogen-bond acceptors (Lipinski definition) is 7. The zero-order chi connectivity index (χ0) is 20.8. The number of H-pyrrole nitrogens is 2. The molecule has 0 aliphatic heterocycles. The van der Waals surface area contributed by atoms with Gasteiger partial charge >= 0.3 is 0 Å². The fourth-order valence-electron chi connectivity index (χ4n) is 3.16. The van der Waals surface area contributed by atoms with Crippen molar-refractivity contribution in [2.45, 2.75) is 39.2 Å². The van der Waals surface area contributed by atoms with E-state index in [1.54, 1.807) is 0 Å². The normalized spacial score (nSPS) is 11.9. The van der Waals surface area contributed by atoms with E-state index in [1.165, 1.54) is 0 Å². The molecule has 0 amide bonds. The Balaban J connectivity index is 1.74. The van der Waals surface area contributed by atoms with Crippen LogP contribution in [0.4, 0.5) is 0 Å². The van der Waals surface area contributed by atoms with Crippen molar-refractivity contribution < 1.29 is 0 Å². The summed E-state index contributed by atoms with van der Waals surface area (Å²) >= 11 is 6.42. The van der Waals surface area contributed by atoms with Gasteiger partial charge in [0.2, 0.25) is 5.82 Å². The van der Waals surface area contributed by atoms with Crippen molar-refractivity contribution in [1.29, 1.82) is 0 Å². The maximum absolute atomic E-state index is 6.42. The number of imidazole rings is 1. The van der Waals surface area contributed by atoms with Gasteiger partial charge in [-0.2, -0.15) is 10.4 Å². The standard InChI is InChI=1S/C19H21ClN10/c1-2-3-8-18-21-11-15(30(18)12-13-6-4-5-7-16(13)20)9-14(19-24-28-29-25-19)10-17-22-26-27-23-17/h4-7,9,11H,2-3,8,10,12H2,1H3,(H,22,23,26,27)(H,24,25,28,29)/b14-9+. The highest BCUT2D eigenvalue weighted by molar-refractivity contribution is 6.31. The first-order chi connectivity index (χ1) is 14.7. The minimum atomic E-state index is 0.400. The summed E-state index contributed by atoms with van der Waals surface area (Å²) in [6.07, 6.45) is 7.28. The number of allylic oxidation sites excluding steroid dienone is 1. The van der Waals surface area contributed by atoms with Gasteiger partial charge in [0, 0.05) is 23.4 Å². The number of aromatic nitrogens is 10. The Bertz CT molecular complexity index is 1100. The van der Waals surface area contributed by atoms with E-state index >= 15 is 0 Å². The Morgan fingerprint density at radius 2 is 1.97 bits per heavy atom.